The minimum atomic E-state index is -0.606. The van der Waals surface area contributed by atoms with Gasteiger partial charge in [0.25, 0.3) is 0 Å². The average molecular weight is 434 g/mol. The summed E-state index contributed by atoms with van der Waals surface area (Å²) in [5.74, 6) is -1.20. The number of nitrogens with zero attached hydrogens (tertiary/aromatic N) is 1. The summed E-state index contributed by atoms with van der Waals surface area (Å²) in [6, 6.07) is 22.1. The maximum atomic E-state index is 12.5. The predicted octanol–water partition coefficient (Wildman–Crippen LogP) is 3.84. The normalized spacial score (nSPS) is 15.5. The first kappa shape index (κ1) is 21.3. The van der Waals surface area contributed by atoms with Crippen LogP contribution in [-0.4, -0.2) is 29.8 Å². The van der Waals surface area contributed by atoms with E-state index in [1.165, 1.54) is 16.0 Å². The number of hydrogen-bond donors (Lipinski definition) is 2. The molecule has 5 nitrogen and oxygen atoms in total. The molecular formula is C25H27N3O2S. The van der Waals surface area contributed by atoms with Crippen molar-refractivity contribution < 1.29 is 9.59 Å². The van der Waals surface area contributed by atoms with Crippen LogP contribution in [0.1, 0.15) is 40.6 Å². The summed E-state index contributed by atoms with van der Waals surface area (Å²) >= 11 is 1.68. The van der Waals surface area contributed by atoms with Crippen molar-refractivity contribution in [3.8, 4) is 0 Å². The van der Waals surface area contributed by atoms with Crippen LogP contribution in [-0.2, 0) is 22.6 Å². The molecule has 1 aliphatic heterocycles. The number of carbonyl (C=O) groups excluding carboxylic acids is 2. The average Bonchev–Trinajstić information content (AvgIpc) is 3.34. The van der Waals surface area contributed by atoms with Crippen molar-refractivity contribution in [1.29, 1.82) is 0 Å². The summed E-state index contributed by atoms with van der Waals surface area (Å²) in [7, 11) is 0. The molecule has 1 aromatic heterocycles. The highest BCUT2D eigenvalue weighted by atomic mass is 32.1. The van der Waals surface area contributed by atoms with Crippen molar-refractivity contribution in [2.24, 2.45) is 0 Å². The second-order valence-corrected chi connectivity index (χ2v) is 8.82. The Bertz CT molecular complexity index is 1020. The molecular weight excluding hydrogens is 406 g/mol. The number of nitrogens with one attached hydrogen (secondary N) is 2. The lowest BCUT2D eigenvalue weighted by Crippen LogP contribution is -2.45. The molecule has 0 spiro atoms. The molecule has 2 heterocycles. The Morgan fingerprint density at radius 2 is 1.71 bits per heavy atom. The van der Waals surface area contributed by atoms with Gasteiger partial charge in [0.05, 0.1) is 12.1 Å². The molecule has 2 atom stereocenters. The molecule has 0 saturated carbocycles. The van der Waals surface area contributed by atoms with Gasteiger partial charge in [-0.1, -0.05) is 60.7 Å². The lowest BCUT2D eigenvalue weighted by atomic mass is 9.98. The van der Waals surface area contributed by atoms with Crippen LogP contribution in [0.15, 0.2) is 72.1 Å². The minimum Gasteiger partial charge on any atom is -0.346 e. The lowest BCUT2D eigenvalue weighted by molar-refractivity contribution is -0.139. The van der Waals surface area contributed by atoms with E-state index in [-0.39, 0.29) is 12.1 Å². The zero-order chi connectivity index (χ0) is 21.6. The van der Waals surface area contributed by atoms with Crippen LogP contribution >= 0.6 is 11.3 Å². The Hall–Kier alpha value is -2.96. The monoisotopic (exact) mass is 433 g/mol. The van der Waals surface area contributed by atoms with Gasteiger partial charge >= 0.3 is 11.8 Å². The number of benzene rings is 2. The van der Waals surface area contributed by atoms with E-state index in [0.29, 0.717) is 6.54 Å². The van der Waals surface area contributed by atoms with Gasteiger partial charge < -0.3 is 10.6 Å². The predicted molar refractivity (Wildman–Crippen MR) is 124 cm³/mol. The van der Waals surface area contributed by atoms with Crippen molar-refractivity contribution >= 4 is 23.2 Å². The highest BCUT2D eigenvalue weighted by molar-refractivity contribution is 7.10. The number of rotatable bonds is 6. The number of thiophene rings is 1. The smallest absolute Gasteiger partial charge is 0.309 e. The molecule has 0 unspecified atom stereocenters. The SMILES string of the molecule is C[C@@H](NC(=O)C(=O)NC[C@H](c1cccs1)N1CCc2ccccc2C1)c1ccccc1. The molecule has 0 aliphatic carbocycles. The van der Waals surface area contributed by atoms with Gasteiger partial charge in [0, 0.05) is 24.5 Å². The molecule has 2 amide bonds. The summed E-state index contributed by atoms with van der Waals surface area (Å²) in [6.45, 7) is 4.04. The van der Waals surface area contributed by atoms with E-state index in [9.17, 15) is 9.59 Å². The van der Waals surface area contributed by atoms with E-state index in [1.54, 1.807) is 11.3 Å². The molecule has 0 bridgehead atoms. The van der Waals surface area contributed by atoms with Gasteiger partial charge in [0.15, 0.2) is 0 Å². The fourth-order valence-electron chi connectivity index (χ4n) is 4.03. The van der Waals surface area contributed by atoms with Crippen molar-refractivity contribution in [3.05, 3.63) is 93.7 Å². The summed E-state index contributed by atoms with van der Waals surface area (Å²) in [5.41, 5.74) is 3.69. The Kier molecular flexibility index (Phi) is 6.79. The number of carbonyl (C=O) groups is 2. The fraction of sp³-hybridized carbons (Fsp3) is 0.280. The maximum absolute atomic E-state index is 12.5. The first-order valence-electron chi connectivity index (χ1n) is 10.6. The van der Waals surface area contributed by atoms with Crippen LogP contribution in [0.2, 0.25) is 0 Å². The number of fused-ring (bicyclic) bond motifs is 1. The molecule has 2 aromatic carbocycles. The Morgan fingerprint density at radius 1 is 0.968 bits per heavy atom. The van der Waals surface area contributed by atoms with Gasteiger partial charge in [-0.05, 0) is 41.5 Å². The standard InChI is InChI=1S/C25H27N3O2S/c1-18(19-8-3-2-4-9-19)27-25(30)24(29)26-16-22(23-12-7-15-31-23)28-14-13-20-10-5-6-11-21(20)17-28/h2-12,15,18,22H,13-14,16-17H2,1H3,(H,26,29)(H,27,30)/t18-,22-/m1/s1. The van der Waals surface area contributed by atoms with E-state index < -0.39 is 11.8 Å². The third kappa shape index (κ3) is 5.21. The van der Waals surface area contributed by atoms with E-state index in [4.69, 9.17) is 0 Å². The van der Waals surface area contributed by atoms with Crippen molar-refractivity contribution in [2.45, 2.75) is 32.0 Å². The second-order valence-electron chi connectivity index (χ2n) is 7.84. The third-order valence-electron chi connectivity index (χ3n) is 5.78. The molecule has 0 radical (unpaired) electrons. The first-order valence-corrected chi connectivity index (χ1v) is 11.5. The van der Waals surface area contributed by atoms with E-state index >= 15 is 0 Å². The summed E-state index contributed by atoms with van der Waals surface area (Å²) < 4.78 is 0. The van der Waals surface area contributed by atoms with Gasteiger partial charge in [-0.2, -0.15) is 0 Å². The zero-order valence-electron chi connectivity index (χ0n) is 17.6. The second kappa shape index (κ2) is 9.90. The quantitative estimate of drug-likeness (QED) is 0.581. The third-order valence-corrected chi connectivity index (χ3v) is 6.76. The summed E-state index contributed by atoms with van der Waals surface area (Å²) in [4.78, 5) is 28.5. The fourth-order valence-corrected chi connectivity index (χ4v) is 4.89. The molecule has 160 valence electrons. The Labute approximate surface area is 187 Å². The largest absolute Gasteiger partial charge is 0.346 e. The lowest BCUT2D eigenvalue weighted by Gasteiger charge is -2.35. The van der Waals surface area contributed by atoms with Crippen LogP contribution in [0.3, 0.4) is 0 Å². The van der Waals surface area contributed by atoms with Crippen LogP contribution in [0.25, 0.3) is 0 Å². The van der Waals surface area contributed by atoms with Gasteiger partial charge in [-0.15, -0.1) is 11.3 Å². The highest BCUT2D eigenvalue weighted by Gasteiger charge is 2.27. The number of hydrogen-bond acceptors (Lipinski definition) is 4. The Morgan fingerprint density at radius 3 is 2.45 bits per heavy atom. The van der Waals surface area contributed by atoms with Gasteiger partial charge in [0.1, 0.15) is 0 Å². The van der Waals surface area contributed by atoms with Crippen molar-refractivity contribution in [2.75, 3.05) is 13.1 Å². The van der Waals surface area contributed by atoms with Crippen molar-refractivity contribution in [1.82, 2.24) is 15.5 Å². The van der Waals surface area contributed by atoms with Gasteiger partial charge in [-0.3, -0.25) is 14.5 Å². The van der Waals surface area contributed by atoms with Crippen LogP contribution < -0.4 is 10.6 Å². The van der Waals surface area contributed by atoms with E-state index in [2.05, 4.69) is 51.2 Å². The molecule has 1 aliphatic rings. The number of amides is 2. The molecule has 0 fully saturated rings. The molecule has 4 rings (SSSR count). The van der Waals surface area contributed by atoms with Crippen LogP contribution in [0.4, 0.5) is 0 Å². The topological polar surface area (TPSA) is 61.4 Å². The first-order chi connectivity index (χ1) is 15.1. The highest BCUT2D eigenvalue weighted by Crippen LogP contribution is 2.30. The summed E-state index contributed by atoms with van der Waals surface area (Å²) in [5, 5.41) is 7.70. The van der Waals surface area contributed by atoms with Crippen molar-refractivity contribution in [3.63, 3.8) is 0 Å². The molecule has 31 heavy (non-hydrogen) atoms. The van der Waals surface area contributed by atoms with E-state index in [1.807, 2.05) is 43.3 Å². The maximum Gasteiger partial charge on any atom is 0.309 e. The molecule has 0 saturated heterocycles. The van der Waals surface area contributed by atoms with Crippen LogP contribution in [0.5, 0.6) is 0 Å². The molecule has 2 N–H and O–H groups in total. The molecule has 3 aromatic rings. The summed E-state index contributed by atoms with van der Waals surface area (Å²) in [6.07, 6.45) is 0.987. The minimum absolute atomic E-state index is 0.0386. The van der Waals surface area contributed by atoms with Gasteiger partial charge in [0.2, 0.25) is 0 Å². The van der Waals surface area contributed by atoms with E-state index in [0.717, 1.165) is 25.1 Å². The Balaban J connectivity index is 1.39. The molecule has 6 heteroatoms. The van der Waals surface area contributed by atoms with Gasteiger partial charge in [-0.25, -0.2) is 0 Å². The van der Waals surface area contributed by atoms with Crippen LogP contribution in [0, 0.1) is 0 Å². The zero-order valence-corrected chi connectivity index (χ0v) is 18.4.